The summed E-state index contributed by atoms with van der Waals surface area (Å²) < 4.78 is 42.1. The zero-order chi connectivity index (χ0) is 30.9. The Hall–Kier alpha value is -4.15. The molecule has 3 aromatic rings. The fraction of sp³-hybridized carbons (Fsp3) is 0.333. The van der Waals surface area contributed by atoms with Gasteiger partial charge in [-0.05, 0) is 67.4 Å². The Labute approximate surface area is 248 Å². The van der Waals surface area contributed by atoms with E-state index in [4.69, 9.17) is 0 Å². The lowest BCUT2D eigenvalue weighted by Gasteiger charge is -2.33. The lowest BCUT2D eigenvalue weighted by atomic mass is 9.95. The number of anilines is 1. The van der Waals surface area contributed by atoms with Crippen molar-refractivity contribution in [3.05, 3.63) is 98.9 Å². The fourth-order valence-corrected chi connectivity index (χ4v) is 5.40. The lowest BCUT2D eigenvalue weighted by molar-refractivity contribution is -0.138. The number of piperazine rings is 1. The molecule has 224 valence electrons. The number of carbonyl (C=O) groups excluding carboxylic acids is 3. The largest absolute Gasteiger partial charge is 0.416 e. The number of nitrogens with zero attached hydrogens (tertiary/aromatic N) is 3. The van der Waals surface area contributed by atoms with Crippen LogP contribution in [0.5, 0.6) is 0 Å². The maximum Gasteiger partial charge on any atom is 0.416 e. The van der Waals surface area contributed by atoms with Crippen molar-refractivity contribution in [2.75, 3.05) is 38.5 Å². The number of pyridine rings is 1. The molecule has 0 saturated carbocycles. The summed E-state index contributed by atoms with van der Waals surface area (Å²) in [5.41, 5.74) is 3.51. The van der Waals surface area contributed by atoms with Crippen LogP contribution in [0.1, 0.15) is 61.2 Å². The van der Waals surface area contributed by atoms with Gasteiger partial charge >= 0.3 is 6.18 Å². The molecule has 2 aliphatic rings. The normalized spacial score (nSPS) is 15.6. The highest BCUT2D eigenvalue weighted by atomic mass is 19.4. The van der Waals surface area contributed by atoms with Crippen LogP contribution in [0.4, 0.5) is 18.9 Å². The molecule has 0 radical (unpaired) electrons. The zero-order valence-electron chi connectivity index (χ0n) is 24.3. The van der Waals surface area contributed by atoms with Gasteiger partial charge in [-0.15, -0.1) is 0 Å². The molecule has 1 saturated heterocycles. The Bertz CT molecular complexity index is 1620. The van der Waals surface area contributed by atoms with E-state index in [2.05, 4.69) is 15.2 Å². The first-order chi connectivity index (χ1) is 20.4. The van der Waals surface area contributed by atoms with Crippen molar-refractivity contribution in [1.82, 2.24) is 14.8 Å². The molecule has 1 amide bonds. The Balaban J connectivity index is 1.30. The number of amides is 1. The first-order valence-electron chi connectivity index (χ1n) is 14.1. The first-order valence-corrected chi connectivity index (χ1v) is 14.1. The van der Waals surface area contributed by atoms with Gasteiger partial charge in [-0.1, -0.05) is 24.3 Å². The maximum absolute atomic E-state index is 14.0. The highest BCUT2D eigenvalue weighted by Crippen LogP contribution is 2.34. The molecule has 1 fully saturated rings. The number of fused-ring (bicyclic) bond motifs is 1. The first kappa shape index (κ1) is 30.3. The van der Waals surface area contributed by atoms with Crippen LogP contribution < -0.4 is 5.32 Å². The quantitative estimate of drug-likeness (QED) is 0.356. The van der Waals surface area contributed by atoms with Gasteiger partial charge in [0.2, 0.25) is 0 Å². The molecule has 1 N–H and O–H groups in total. The Morgan fingerprint density at radius 2 is 1.74 bits per heavy atom. The third-order valence-corrected chi connectivity index (χ3v) is 8.04. The van der Waals surface area contributed by atoms with Crippen LogP contribution in [0.2, 0.25) is 0 Å². The van der Waals surface area contributed by atoms with Gasteiger partial charge in [0.1, 0.15) is 0 Å². The molecule has 1 aliphatic heterocycles. The Morgan fingerprint density at radius 1 is 1.00 bits per heavy atom. The van der Waals surface area contributed by atoms with Gasteiger partial charge in [0, 0.05) is 62.3 Å². The van der Waals surface area contributed by atoms with Crippen LogP contribution in [-0.4, -0.2) is 65.5 Å². The van der Waals surface area contributed by atoms with Crippen molar-refractivity contribution in [2.45, 2.75) is 39.4 Å². The number of allylic oxidation sites excluding steroid dienone is 1. The van der Waals surface area contributed by atoms with Gasteiger partial charge in [0.05, 0.1) is 23.1 Å². The average molecular weight is 591 g/mol. The summed E-state index contributed by atoms with van der Waals surface area (Å²) in [4.78, 5) is 46.5. The number of nitrogens with one attached hydrogen (secondary N) is 1. The van der Waals surface area contributed by atoms with Crippen LogP contribution in [0, 0.1) is 6.92 Å². The van der Waals surface area contributed by atoms with Crippen LogP contribution in [0.25, 0.3) is 6.08 Å². The summed E-state index contributed by atoms with van der Waals surface area (Å²) in [6.45, 7) is 6.37. The number of likely N-dealkylation sites (N-methyl/N-ethyl adjacent to an activating group) is 1. The summed E-state index contributed by atoms with van der Waals surface area (Å²) in [6.07, 6.45) is -1.00. The van der Waals surface area contributed by atoms with Gasteiger partial charge in [0.15, 0.2) is 11.6 Å². The third-order valence-electron chi connectivity index (χ3n) is 8.04. The maximum atomic E-state index is 14.0. The Kier molecular flexibility index (Phi) is 8.62. The molecule has 0 spiro atoms. The number of aromatic nitrogens is 1. The molecule has 1 aliphatic carbocycles. The SMILES string of the molecule is CC(=O)C1=Cc2cc(NC(=O)c3cc(CC(=O)c4ccc(CN5CCN(C)CC5)c(C(F)(F)F)c4)ccc3C)cnc2C1. The highest BCUT2D eigenvalue weighted by Gasteiger charge is 2.34. The van der Waals surface area contributed by atoms with Crippen molar-refractivity contribution >= 4 is 29.2 Å². The molecule has 5 rings (SSSR count). The summed E-state index contributed by atoms with van der Waals surface area (Å²) in [6, 6.07) is 10.6. The van der Waals surface area contributed by atoms with Crippen molar-refractivity contribution in [3.63, 3.8) is 0 Å². The minimum absolute atomic E-state index is 0.0248. The van der Waals surface area contributed by atoms with Crippen LogP contribution in [0.3, 0.4) is 0 Å². The predicted molar refractivity (Wildman–Crippen MR) is 158 cm³/mol. The second-order valence-corrected chi connectivity index (χ2v) is 11.3. The molecule has 0 atom stereocenters. The zero-order valence-corrected chi connectivity index (χ0v) is 24.3. The highest BCUT2D eigenvalue weighted by molar-refractivity contribution is 6.06. The van der Waals surface area contributed by atoms with Gasteiger partial charge in [0.25, 0.3) is 5.91 Å². The second-order valence-electron chi connectivity index (χ2n) is 11.3. The van der Waals surface area contributed by atoms with Gasteiger partial charge in [-0.3, -0.25) is 24.3 Å². The molecule has 2 heterocycles. The molecular weight excluding hydrogens is 557 g/mol. The second kappa shape index (κ2) is 12.2. The summed E-state index contributed by atoms with van der Waals surface area (Å²) in [5.74, 6) is -0.903. The van der Waals surface area contributed by atoms with Gasteiger partial charge < -0.3 is 10.2 Å². The third kappa shape index (κ3) is 7.09. The molecule has 7 nitrogen and oxygen atoms in total. The van der Waals surface area contributed by atoms with Crippen LogP contribution in [-0.2, 0) is 30.4 Å². The predicted octanol–water partition coefficient (Wildman–Crippen LogP) is 5.36. The molecule has 0 bridgehead atoms. The number of hydrogen-bond acceptors (Lipinski definition) is 6. The van der Waals surface area contributed by atoms with Crippen LogP contribution >= 0.6 is 0 Å². The monoisotopic (exact) mass is 590 g/mol. The van der Waals surface area contributed by atoms with Crippen molar-refractivity contribution in [1.29, 1.82) is 0 Å². The van der Waals surface area contributed by atoms with E-state index in [0.717, 1.165) is 30.4 Å². The standard InChI is InChI=1S/C33H33F3N4O3/c1-20-4-5-22(12-28(20)32(43)38-27-15-26-14-25(21(2)41)17-30(26)37-18-27)13-31(42)23-6-7-24(29(16-23)33(34,35)36)19-40-10-8-39(3)9-11-40/h4-7,12,14-16,18H,8-11,13,17,19H2,1-3H3,(H,38,43). The number of rotatable bonds is 8. The van der Waals surface area contributed by atoms with E-state index in [0.29, 0.717) is 47.5 Å². The molecule has 1 aromatic heterocycles. The van der Waals surface area contributed by atoms with E-state index in [1.807, 2.05) is 11.9 Å². The van der Waals surface area contributed by atoms with E-state index in [1.54, 1.807) is 37.3 Å². The number of hydrogen-bond donors (Lipinski definition) is 1. The number of Topliss-reactive ketones (excluding diaryl/α,β-unsaturated/α-hetero) is 2. The lowest BCUT2D eigenvalue weighted by Crippen LogP contribution is -2.44. The van der Waals surface area contributed by atoms with E-state index in [1.165, 1.54) is 25.3 Å². The smallest absolute Gasteiger partial charge is 0.321 e. The number of alkyl halides is 3. The van der Waals surface area contributed by atoms with Crippen molar-refractivity contribution < 1.29 is 27.6 Å². The summed E-state index contributed by atoms with van der Waals surface area (Å²) >= 11 is 0. The fourth-order valence-electron chi connectivity index (χ4n) is 5.40. The molecule has 43 heavy (non-hydrogen) atoms. The van der Waals surface area contributed by atoms with E-state index >= 15 is 0 Å². The van der Waals surface area contributed by atoms with Gasteiger partial charge in [-0.2, -0.15) is 13.2 Å². The number of halogens is 3. The molecule has 0 unspecified atom stereocenters. The van der Waals surface area contributed by atoms with E-state index < -0.39 is 23.4 Å². The molecule has 2 aromatic carbocycles. The number of ketones is 2. The van der Waals surface area contributed by atoms with E-state index in [9.17, 15) is 27.6 Å². The Morgan fingerprint density at radius 3 is 2.44 bits per heavy atom. The van der Waals surface area contributed by atoms with Gasteiger partial charge in [-0.25, -0.2) is 0 Å². The topological polar surface area (TPSA) is 82.6 Å². The number of benzene rings is 2. The minimum atomic E-state index is -4.59. The molecule has 10 heteroatoms. The average Bonchev–Trinajstić information content (AvgIpc) is 3.39. The van der Waals surface area contributed by atoms with E-state index in [-0.39, 0.29) is 29.9 Å². The van der Waals surface area contributed by atoms with Crippen LogP contribution in [0.15, 0.2) is 54.2 Å². The number of carbonyl (C=O) groups is 3. The summed E-state index contributed by atoms with van der Waals surface area (Å²) in [5, 5.41) is 2.82. The van der Waals surface area contributed by atoms with Crippen molar-refractivity contribution in [3.8, 4) is 0 Å². The minimum Gasteiger partial charge on any atom is -0.321 e. The molecular formula is C33H33F3N4O3. The summed E-state index contributed by atoms with van der Waals surface area (Å²) in [7, 11) is 1.98. The number of aryl methyl sites for hydroxylation is 1. The van der Waals surface area contributed by atoms with Crippen molar-refractivity contribution in [2.24, 2.45) is 0 Å².